The van der Waals surface area contributed by atoms with Crippen molar-refractivity contribution in [1.82, 2.24) is 16.0 Å². The van der Waals surface area contributed by atoms with Gasteiger partial charge in [0.15, 0.2) is 5.44 Å². The first-order valence-corrected chi connectivity index (χ1v) is 12.2. The third-order valence-electron chi connectivity index (χ3n) is 5.61. The Balaban J connectivity index is 0.00000578. The van der Waals surface area contributed by atoms with E-state index in [1.807, 2.05) is 0 Å². The molecule has 15 heteroatoms. The zero-order valence-electron chi connectivity index (χ0n) is 19.4. The Morgan fingerprint density at radius 3 is 2.38 bits per heavy atom. The van der Waals surface area contributed by atoms with Crippen molar-refractivity contribution >= 4 is 28.0 Å². The summed E-state index contributed by atoms with van der Waals surface area (Å²) in [7, 11) is -5.22. The molecule has 1 aliphatic heterocycles. The standard InChI is InChI=1S/C19H31F2N3O8S.Na/c1-10(2)5-13(24-18(28)32-9-11-7-19(20,21)8-11)16(26)23-14(17(27)33(29,30)31)6-12-3-4-22-15(12)25;/h10-14,17,27H,3-9H2,1-2H3,(H,22,25)(H,23,26)(H,24,28)(H,29,30,31);/q;+1/p-1/t12?,13-,14-,17?;/m0./s1. The third-order valence-corrected chi connectivity index (χ3v) is 6.53. The van der Waals surface area contributed by atoms with E-state index in [1.54, 1.807) is 13.8 Å². The first-order valence-electron chi connectivity index (χ1n) is 10.7. The fourth-order valence-corrected chi connectivity index (χ4v) is 4.47. The molecule has 1 aliphatic carbocycles. The van der Waals surface area contributed by atoms with Gasteiger partial charge in [0.2, 0.25) is 17.7 Å². The van der Waals surface area contributed by atoms with Gasteiger partial charge in [0.05, 0.1) is 12.6 Å². The minimum absolute atomic E-state index is 0. The molecule has 2 aliphatic rings. The van der Waals surface area contributed by atoms with Crippen molar-refractivity contribution in [2.24, 2.45) is 17.8 Å². The number of hydrogen-bond donors (Lipinski definition) is 4. The number of rotatable bonds is 11. The number of aliphatic hydroxyl groups is 1. The summed E-state index contributed by atoms with van der Waals surface area (Å²) in [6.07, 6.45) is -1.68. The summed E-state index contributed by atoms with van der Waals surface area (Å²) in [5.41, 5.74) is -2.50. The van der Waals surface area contributed by atoms with Crippen molar-refractivity contribution in [3.05, 3.63) is 0 Å². The van der Waals surface area contributed by atoms with Crippen LogP contribution in [0.25, 0.3) is 0 Å². The number of hydrogen-bond acceptors (Lipinski definition) is 8. The molecule has 1 saturated carbocycles. The van der Waals surface area contributed by atoms with Gasteiger partial charge in [0.25, 0.3) is 0 Å². The van der Waals surface area contributed by atoms with Gasteiger partial charge in [-0.15, -0.1) is 0 Å². The van der Waals surface area contributed by atoms with E-state index in [0.717, 1.165) is 0 Å². The number of halogens is 2. The molecule has 0 aromatic carbocycles. The zero-order valence-corrected chi connectivity index (χ0v) is 22.2. The second-order valence-corrected chi connectivity index (χ2v) is 10.5. The van der Waals surface area contributed by atoms with Gasteiger partial charge in [-0.1, -0.05) is 13.8 Å². The molecular weight excluding hydrogens is 491 g/mol. The second kappa shape index (κ2) is 12.8. The predicted octanol–water partition coefficient (Wildman–Crippen LogP) is -2.95. The number of alkyl carbamates (subject to hydrolysis) is 1. The van der Waals surface area contributed by atoms with Crippen LogP contribution in [0.15, 0.2) is 0 Å². The molecule has 0 bridgehead atoms. The van der Waals surface area contributed by atoms with E-state index in [4.69, 9.17) is 4.74 Å². The smallest absolute Gasteiger partial charge is 0.746 e. The van der Waals surface area contributed by atoms with Gasteiger partial charge in [0.1, 0.15) is 16.2 Å². The molecule has 2 rings (SSSR count). The molecule has 1 saturated heterocycles. The SMILES string of the molecule is CC(C)C[C@H](NC(=O)OCC1CC(F)(F)C1)C(=O)N[C@@H](CC1CCNC1=O)C(O)S(=O)(=O)[O-].[Na+]. The largest absolute Gasteiger partial charge is 1.00 e. The van der Waals surface area contributed by atoms with Crippen molar-refractivity contribution in [3.8, 4) is 0 Å². The van der Waals surface area contributed by atoms with Crippen LogP contribution in [-0.2, 0) is 24.4 Å². The Morgan fingerprint density at radius 2 is 1.91 bits per heavy atom. The molecule has 190 valence electrons. The molecule has 11 nitrogen and oxygen atoms in total. The Morgan fingerprint density at radius 1 is 1.29 bits per heavy atom. The van der Waals surface area contributed by atoms with Gasteiger partial charge in [-0.3, -0.25) is 9.59 Å². The zero-order chi connectivity index (χ0) is 25.0. The molecule has 0 aromatic rings. The summed E-state index contributed by atoms with van der Waals surface area (Å²) in [6, 6.07) is -2.81. The summed E-state index contributed by atoms with van der Waals surface area (Å²) in [6.45, 7) is 3.59. The summed E-state index contributed by atoms with van der Waals surface area (Å²) in [4.78, 5) is 36.7. The van der Waals surface area contributed by atoms with E-state index in [1.165, 1.54) is 0 Å². The normalized spacial score (nSPS) is 22.6. The number of aliphatic hydroxyl groups excluding tert-OH is 1. The quantitative estimate of drug-likeness (QED) is 0.165. The van der Waals surface area contributed by atoms with E-state index in [-0.39, 0.29) is 54.9 Å². The van der Waals surface area contributed by atoms with Gasteiger partial charge in [-0.25, -0.2) is 22.0 Å². The molecule has 4 atom stereocenters. The second-order valence-electron chi connectivity index (χ2n) is 9.07. The van der Waals surface area contributed by atoms with Gasteiger partial charge in [0, 0.05) is 31.2 Å². The number of carbonyl (C=O) groups excluding carboxylic acids is 3. The van der Waals surface area contributed by atoms with Crippen molar-refractivity contribution < 1.29 is 75.5 Å². The van der Waals surface area contributed by atoms with Gasteiger partial charge in [-0.2, -0.15) is 0 Å². The molecule has 0 spiro atoms. The van der Waals surface area contributed by atoms with Crippen LogP contribution in [0.3, 0.4) is 0 Å². The van der Waals surface area contributed by atoms with Crippen molar-refractivity contribution in [2.75, 3.05) is 13.2 Å². The van der Waals surface area contributed by atoms with Crippen LogP contribution in [0.2, 0.25) is 0 Å². The molecule has 0 radical (unpaired) electrons. The fourth-order valence-electron chi connectivity index (χ4n) is 3.89. The minimum Gasteiger partial charge on any atom is -0.746 e. The van der Waals surface area contributed by atoms with Crippen LogP contribution in [0.4, 0.5) is 13.6 Å². The Bertz CT molecular complexity index is 837. The molecule has 1 heterocycles. The third kappa shape index (κ3) is 9.53. The Kier molecular flexibility index (Phi) is 11.6. The Labute approximate surface area is 219 Å². The van der Waals surface area contributed by atoms with Crippen LogP contribution in [0.1, 0.15) is 46.0 Å². The van der Waals surface area contributed by atoms with Gasteiger partial charge < -0.3 is 30.3 Å². The van der Waals surface area contributed by atoms with Crippen LogP contribution in [0, 0.1) is 17.8 Å². The van der Waals surface area contributed by atoms with E-state index in [2.05, 4.69) is 16.0 Å². The van der Waals surface area contributed by atoms with E-state index < -0.39 is 76.1 Å². The number of carbonyl (C=O) groups is 3. The van der Waals surface area contributed by atoms with E-state index >= 15 is 0 Å². The number of amides is 3. The molecule has 3 amide bonds. The number of nitrogens with one attached hydrogen (secondary N) is 3. The Hall–Kier alpha value is -1.06. The summed E-state index contributed by atoms with van der Waals surface area (Å²) < 4.78 is 64.8. The van der Waals surface area contributed by atoms with Crippen LogP contribution in [0.5, 0.6) is 0 Å². The van der Waals surface area contributed by atoms with Crippen molar-refractivity contribution in [3.63, 3.8) is 0 Å². The first kappa shape index (κ1) is 31.0. The monoisotopic (exact) mass is 521 g/mol. The molecule has 0 aromatic heterocycles. The molecule has 2 fully saturated rings. The van der Waals surface area contributed by atoms with E-state index in [0.29, 0.717) is 13.0 Å². The number of ether oxygens (including phenoxy) is 1. The van der Waals surface area contributed by atoms with Crippen LogP contribution >= 0.6 is 0 Å². The average molecular weight is 522 g/mol. The topological polar surface area (TPSA) is 174 Å². The molecule has 2 unspecified atom stereocenters. The van der Waals surface area contributed by atoms with Gasteiger partial charge >= 0.3 is 35.7 Å². The van der Waals surface area contributed by atoms with Crippen molar-refractivity contribution in [2.45, 2.75) is 69.4 Å². The fraction of sp³-hybridized carbons (Fsp3) is 0.842. The van der Waals surface area contributed by atoms with Crippen LogP contribution < -0.4 is 45.5 Å². The minimum atomic E-state index is -5.22. The maximum Gasteiger partial charge on any atom is 1.00 e. The van der Waals surface area contributed by atoms with Gasteiger partial charge in [-0.05, 0) is 25.2 Å². The van der Waals surface area contributed by atoms with Crippen LogP contribution in [-0.4, -0.2) is 72.6 Å². The summed E-state index contributed by atoms with van der Waals surface area (Å²) >= 11 is 0. The van der Waals surface area contributed by atoms with Crippen molar-refractivity contribution in [1.29, 1.82) is 0 Å². The summed E-state index contributed by atoms with van der Waals surface area (Å²) in [5.74, 6) is -5.36. The molecular formula is C19H30F2N3NaO8S. The molecule has 4 N–H and O–H groups in total. The summed E-state index contributed by atoms with van der Waals surface area (Å²) in [5, 5.41) is 17.1. The maximum absolute atomic E-state index is 12.9. The number of alkyl halides is 2. The predicted molar refractivity (Wildman–Crippen MR) is 109 cm³/mol. The maximum atomic E-state index is 12.9. The molecule has 34 heavy (non-hydrogen) atoms. The van der Waals surface area contributed by atoms with E-state index in [9.17, 15) is 41.2 Å². The average Bonchev–Trinajstić information content (AvgIpc) is 3.06. The first-order chi connectivity index (χ1) is 15.2.